The summed E-state index contributed by atoms with van der Waals surface area (Å²) in [4.78, 5) is 3.84. The normalized spacial score (nSPS) is 9.90. The molecule has 1 aromatic heterocycles. The molecule has 0 bridgehead atoms. The molecule has 0 atom stereocenters. The Balaban J connectivity index is 3.09. The fourth-order valence-electron chi connectivity index (χ4n) is 0.685. The molecule has 10 heavy (non-hydrogen) atoms. The van der Waals surface area contributed by atoms with Crippen molar-refractivity contribution in [2.45, 2.75) is 12.3 Å². The van der Waals surface area contributed by atoms with Gasteiger partial charge in [-0.2, -0.15) is 0 Å². The molecule has 54 valence electrons. The van der Waals surface area contributed by atoms with Crippen molar-refractivity contribution in [1.29, 1.82) is 0 Å². The van der Waals surface area contributed by atoms with E-state index in [9.17, 15) is 4.39 Å². The number of nitrogens with zero attached hydrogens (tertiary/aromatic N) is 1. The van der Waals surface area contributed by atoms with E-state index < -0.39 is 0 Å². The van der Waals surface area contributed by atoms with Gasteiger partial charge in [0.05, 0.1) is 6.20 Å². The summed E-state index contributed by atoms with van der Waals surface area (Å²) in [7, 11) is 0. The summed E-state index contributed by atoms with van der Waals surface area (Å²) in [6, 6.07) is 1.48. The minimum absolute atomic E-state index is 0.278. The lowest BCUT2D eigenvalue weighted by molar-refractivity contribution is 0.618. The molecule has 0 saturated carbocycles. The third-order valence-corrected chi connectivity index (χ3v) is 1.91. The number of pyridine rings is 1. The first-order valence-corrected chi connectivity index (χ1v) is 4.03. The van der Waals surface area contributed by atoms with Crippen molar-refractivity contribution in [2.75, 3.05) is 0 Å². The second-order valence-corrected chi connectivity index (χ2v) is 2.59. The maximum Gasteiger partial charge on any atom is 0.141 e. The summed E-state index contributed by atoms with van der Waals surface area (Å²) in [5.74, 6) is -0.278. The van der Waals surface area contributed by atoms with Crippen molar-refractivity contribution in [3.63, 3.8) is 0 Å². The number of rotatable bonds is 1. The van der Waals surface area contributed by atoms with Crippen molar-refractivity contribution in [1.82, 2.24) is 4.98 Å². The molecule has 0 aliphatic rings. The Morgan fingerprint density at radius 3 is 2.90 bits per heavy atom. The second kappa shape index (κ2) is 3.10. The fraction of sp³-hybridized carbons (Fsp3) is 0.286. The summed E-state index contributed by atoms with van der Waals surface area (Å²) in [6.07, 6.45) is 1.22. The summed E-state index contributed by atoms with van der Waals surface area (Å²) in [5.41, 5.74) is 1.78. The zero-order valence-electron chi connectivity index (χ0n) is 5.56. The molecule has 0 fully saturated rings. The topological polar surface area (TPSA) is 12.9 Å². The molecule has 0 aliphatic carbocycles. The molecule has 0 radical (unpaired) electrons. The number of hydrogen-bond acceptors (Lipinski definition) is 1. The quantitative estimate of drug-likeness (QED) is 0.640. The van der Waals surface area contributed by atoms with Gasteiger partial charge < -0.3 is 0 Å². The van der Waals surface area contributed by atoms with Gasteiger partial charge in [-0.15, -0.1) is 0 Å². The Morgan fingerprint density at radius 2 is 2.40 bits per heavy atom. The summed E-state index contributed by atoms with van der Waals surface area (Å²) in [6.45, 7) is 1.86. The number of aromatic nitrogens is 1. The van der Waals surface area contributed by atoms with E-state index in [-0.39, 0.29) is 5.82 Å². The first kappa shape index (κ1) is 7.66. The molecule has 1 nitrogen and oxygen atoms in total. The Labute approximate surface area is 67.4 Å². The highest BCUT2D eigenvalue weighted by molar-refractivity contribution is 9.08. The highest BCUT2D eigenvalue weighted by Gasteiger charge is 1.98. The zero-order valence-corrected chi connectivity index (χ0v) is 7.15. The van der Waals surface area contributed by atoms with E-state index in [4.69, 9.17) is 0 Å². The van der Waals surface area contributed by atoms with E-state index in [1.54, 1.807) is 0 Å². The summed E-state index contributed by atoms with van der Waals surface area (Å²) < 4.78 is 12.5. The largest absolute Gasteiger partial charge is 0.258 e. The van der Waals surface area contributed by atoms with Crippen molar-refractivity contribution in [2.24, 2.45) is 0 Å². The summed E-state index contributed by atoms with van der Waals surface area (Å²) >= 11 is 3.24. The monoisotopic (exact) mass is 203 g/mol. The zero-order chi connectivity index (χ0) is 7.56. The van der Waals surface area contributed by atoms with Crippen LogP contribution in [0.1, 0.15) is 11.3 Å². The van der Waals surface area contributed by atoms with Gasteiger partial charge in [-0.1, -0.05) is 15.9 Å². The molecule has 0 spiro atoms. The molecular formula is C7H7BrFN. The molecule has 0 saturated heterocycles. The smallest absolute Gasteiger partial charge is 0.141 e. The Hall–Kier alpha value is -0.440. The second-order valence-electron chi connectivity index (χ2n) is 2.03. The molecule has 3 heteroatoms. The fourth-order valence-corrected chi connectivity index (χ4v) is 1.25. The lowest BCUT2D eigenvalue weighted by Gasteiger charge is -1.98. The third kappa shape index (κ3) is 1.53. The van der Waals surface area contributed by atoms with Crippen LogP contribution in [0.5, 0.6) is 0 Å². The third-order valence-electron chi connectivity index (χ3n) is 1.30. The van der Waals surface area contributed by atoms with Crippen LogP contribution < -0.4 is 0 Å². The van der Waals surface area contributed by atoms with Gasteiger partial charge in [0.15, 0.2) is 0 Å². The lowest BCUT2D eigenvalue weighted by atomic mass is 10.2. The van der Waals surface area contributed by atoms with Crippen LogP contribution in [-0.2, 0) is 5.33 Å². The molecular weight excluding hydrogens is 197 g/mol. The first-order valence-electron chi connectivity index (χ1n) is 2.91. The van der Waals surface area contributed by atoms with E-state index in [2.05, 4.69) is 20.9 Å². The highest BCUT2D eigenvalue weighted by Crippen LogP contribution is 2.10. The molecule has 0 unspecified atom stereocenters. The van der Waals surface area contributed by atoms with Crippen LogP contribution in [0.4, 0.5) is 4.39 Å². The number of alkyl halides is 1. The Bertz CT molecular complexity index is 237. The average Bonchev–Trinajstić information content (AvgIpc) is 1.94. The van der Waals surface area contributed by atoms with Crippen LogP contribution in [-0.4, -0.2) is 4.98 Å². The summed E-state index contributed by atoms with van der Waals surface area (Å²) in [5, 5.41) is 0.656. The minimum Gasteiger partial charge on any atom is -0.258 e. The Kier molecular flexibility index (Phi) is 2.38. The average molecular weight is 204 g/mol. The van der Waals surface area contributed by atoms with E-state index >= 15 is 0 Å². The number of aryl methyl sites for hydroxylation is 1. The predicted molar refractivity (Wildman–Crippen MR) is 41.6 cm³/mol. The van der Waals surface area contributed by atoms with Crippen molar-refractivity contribution in [3.8, 4) is 0 Å². The van der Waals surface area contributed by atoms with E-state index in [0.29, 0.717) is 5.33 Å². The van der Waals surface area contributed by atoms with Gasteiger partial charge in [0.25, 0.3) is 0 Å². The van der Waals surface area contributed by atoms with Crippen LogP contribution in [0.3, 0.4) is 0 Å². The molecule has 1 rings (SSSR count). The Morgan fingerprint density at radius 1 is 1.70 bits per heavy atom. The van der Waals surface area contributed by atoms with Gasteiger partial charge in [0.2, 0.25) is 0 Å². The van der Waals surface area contributed by atoms with E-state index in [0.717, 1.165) is 11.3 Å². The van der Waals surface area contributed by atoms with Crippen LogP contribution in [0.25, 0.3) is 0 Å². The molecule has 1 aromatic rings. The van der Waals surface area contributed by atoms with Gasteiger partial charge in [-0.05, 0) is 18.6 Å². The molecule has 0 aliphatic heterocycles. The van der Waals surface area contributed by atoms with Gasteiger partial charge in [0, 0.05) is 11.0 Å². The standard InChI is InChI=1S/C7H7BrFN/c1-5-6(3-8)2-7(9)4-10-5/h2,4H,3H2,1H3. The van der Waals surface area contributed by atoms with Gasteiger partial charge in [-0.25, -0.2) is 4.39 Å². The molecule has 0 amide bonds. The lowest BCUT2D eigenvalue weighted by Crippen LogP contribution is -1.90. The molecule has 0 N–H and O–H groups in total. The van der Waals surface area contributed by atoms with Crippen LogP contribution >= 0.6 is 15.9 Å². The van der Waals surface area contributed by atoms with Crippen LogP contribution in [0.2, 0.25) is 0 Å². The maximum atomic E-state index is 12.5. The first-order chi connectivity index (χ1) is 4.74. The number of hydrogen-bond donors (Lipinski definition) is 0. The number of halogens is 2. The molecule has 1 heterocycles. The van der Waals surface area contributed by atoms with E-state index in [1.807, 2.05) is 6.92 Å². The van der Waals surface area contributed by atoms with Crippen molar-refractivity contribution < 1.29 is 4.39 Å². The van der Waals surface area contributed by atoms with Gasteiger partial charge in [-0.3, -0.25) is 4.98 Å². The van der Waals surface area contributed by atoms with Crippen molar-refractivity contribution in [3.05, 3.63) is 29.3 Å². The van der Waals surface area contributed by atoms with E-state index in [1.165, 1.54) is 12.3 Å². The van der Waals surface area contributed by atoms with Gasteiger partial charge >= 0.3 is 0 Å². The molecule has 0 aromatic carbocycles. The highest BCUT2D eigenvalue weighted by atomic mass is 79.9. The van der Waals surface area contributed by atoms with Crippen molar-refractivity contribution >= 4 is 15.9 Å². The SMILES string of the molecule is Cc1ncc(F)cc1CBr. The van der Waals surface area contributed by atoms with Crippen LogP contribution in [0, 0.1) is 12.7 Å². The maximum absolute atomic E-state index is 12.5. The van der Waals surface area contributed by atoms with Crippen LogP contribution in [0.15, 0.2) is 12.3 Å². The minimum atomic E-state index is -0.278. The van der Waals surface area contributed by atoms with Gasteiger partial charge in [0.1, 0.15) is 5.82 Å². The predicted octanol–water partition coefficient (Wildman–Crippen LogP) is 2.42.